The first kappa shape index (κ1) is 21.8. The smallest absolute Gasteiger partial charge is 0.160 e. The summed E-state index contributed by atoms with van der Waals surface area (Å²) in [5.41, 5.74) is 0.861. The molecular weight excluding hydrogens is 482 g/mol. The second kappa shape index (κ2) is 9.15. The van der Waals surface area contributed by atoms with Gasteiger partial charge in [-0.25, -0.2) is 0 Å². The Morgan fingerprint density at radius 2 is 1.00 bits per heavy atom. The van der Waals surface area contributed by atoms with Crippen LogP contribution in [-0.4, -0.2) is 20.2 Å². The molecule has 2 aromatic heterocycles. The van der Waals surface area contributed by atoms with Gasteiger partial charge in [-0.05, 0) is 36.4 Å². The van der Waals surface area contributed by atoms with Crippen LogP contribution in [0, 0.1) is 0 Å². The van der Waals surface area contributed by atoms with Gasteiger partial charge in [-0.3, -0.25) is 9.97 Å². The number of halogens is 4. The predicted molar refractivity (Wildman–Crippen MR) is 107 cm³/mol. The molecule has 0 fully saturated rings. The van der Waals surface area contributed by atoms with Crippen LogP contribution in [0.4, 0.5) is 0 Å². The molecule has 0 aliphatic rings. The Balaban J connectivity index is 0.000000187. The average Bonchev–Trinajstić information content (AvgIpc) is 2.65. The van der Waals surface area contributed by atoms with Crippen molar-refractivity contribution in [2.24, 2.45) is 0 Å². The average molecular weight is 492 g/mol. The monoisotopic (exact) mass is 489 g/mol. The third kappa shape index (κ3) is 4.52. The van der Waals surface area contributed by atoms with Crippen LogP contribution in [0.2, 0.25) is 20.1 Å². The number of hydrogen-bond acceptors (Lipinski definition) is 4. The molecule has 2 heterocycles. The van der Waals surface area contributed by atoms with Gasteiger partial charge in [0.15, 0.2) is 11.5 Å². The molecule has 9 heteroatoms. The van der Waals surface area contributed by atoms with E-state index in [2.05, 4.69) is 9.97 Å². The van der Waals surface area contributed by atoms with Gasteiger partial charge in [-0.15, -0.1) is 0 Å². The van der Waals surface area contributed by atoms with Gasteiger partial charge in [0, 0.05) is 40.2 Å². The van der Waals surface area contributed by atoms with Gasteiger partial charge >= 0.3 is 0 Å². The first-order valence-corrected chi connectivity index (χ1v) is 8.74. The van der Waals surface area contributed by atoms with Gasteiger partial charge in [-0.2, -0.15) is 0 Å². The number of fused-ring (bicyclic) bond motifs is 2. The molecule has 0 spiro atoms. The molecule has 143 valence electrons. The Morgan fingerprint density at radius 1 is 0.630 bits per heavy atom. The van der Waals surface area contributed by atoms with Crippen LogP contribution in [-0.2, 0) is 17.1 Å². The number of aromatic nitrogens is 2. The fourth-order valence-electron chi connectivity index (χ4n) is 2.31. The molecule has 1 radical (unpaired) electrons. The molecule has 0 atom stereocenters. The number of pyridine rings is 2. The van der Waals surface area contributed by atoms with Crippen LogP contribution in [0.5, 0.6) is 11.5 Å². The zero-order valence-electron chi connectivity index (χ0n) is 13.2. The minimum Gasteiger partial charge on any atom is -0.504 e. The molecule has 0 aliphatic carbocycles. The first-order chi connectivity index (χ1) is 12.4. The summed E-state index contributed by atoms with van der Waals surface area (Å²) in [5, 5.41) is 21.9. The molecule has 4 rings (SSSR count). The fourth-order valence-corrected chi connectivity index (χ4v) is 3.35. The Hall–Kier alpha value is -1.46. The Labute approximate surface area is 185 Å². The number of rotatable bonds is 0. The van der Waals surface area contributed by atoms with Crippen molar-refractivity contribution in [1.82, 2.24) is 9.97 Å². The summed E-state index contributed by atoms with van der Waals surface area (Å²) in [4.78, 5) is 7.97. The summed E-state index contributed by atoms with van der Waals surface area (Å²) in [5.74, 6) is -0.0525. The van der Waals surface area contributed by atoms with Crippen molar-refractivity contribution >= 4 is 68.2 Å². The van der Waals surface area contributed by atoms with Crippen LogP contribution in [0.25, 0.3) is 21.8 Å². The molecule has 2 N–H and O–H groups in total. The molecule has 0 unspecified atom stereocenters. The van der Waals surface area contributed by atoms with E-state index in [0.29, 0.717) is 31.9 Å². The molecule has 0 saturated heterocycles. The second-order valence-electron chi connectivity index (χ2n) is 5.18. The van der Waals surface area contributed by atoms with E-state index >= 15 is 0 Å². The molecule has 0 saturated carbocycles. The van der Waals surface area contributed by atoms with E-state index < -0.39 is 0 Å². The normalized spacial score (nSPS) is 10.2. The zero-order chi connectivity index (χ0) is 18.8. The van der Waals surface area contributed by atoms with Crippen LogP contribution < -0.4 is 0 Å². The molecule has 2 aromatic carbocycles. The summed E-state index contributed by atoms with van der Waals surface area (Å²) >= 11 is 23.2. The van der Waals surface area contributed by atoms with Gasteiger partial charge in [0.25, 0.3) is 0 Å². The number of hydrogen-bond donors (Lipinski definition) is 2. The van der Waals surface area contributed by atoms with Crippen molar-refractivity contribution < 1.29 is 27.3 Å². The number of nitrogens with zero attached hydrogens (tertiary/aromatic N) is 2. The Kier molecular flexibility index (Phi) is 7.40. The number of phenolic OH excluding ortho intramolecular Hbond substituents is 2. The third-order valence-electron chi connectivity index (χ3n) is 3.54. The van der Waals surface area contributed by atoms with E-state index in [9.17, 15) is 10.2 Å². The molecular formula is C18H10Cl4CuN2O2. The number of benzene rings is 2. The molecule has 0 aliphatic heterocycles. The maximum atomic E-state index is 9.53. The fraction of sp³-hybridized carbons (Fsp3) is 0. The molecule has 4 aromatic rings. The van der Waals surface area contributed by atoms with Crippen molar-refractivity contribution in [2.75, 3.05) is 0 Å². The van der Waals surface area contributed by atoms with E-state index in [-0.39, 0.29) is 38.6 Å². The van der Waals surface area contributed by atoms with E-state index in [0.717, 1.165) is 0 Å². The van der Waals surface area contributed by atoms with E-state index in [1.54, 1.807) is 36.7 Å². The molecule has 27 heavy (non-hydrogen) atoms. The SMILES string of the molecule is Oc1c(Cl)cc(Cl)c2cccnc12.Oc1c(Cl)cc(Cl)c2cccnc12.[Cu]. The van der Waals surface area contributed by atoms with Crippen molar-refractivity contribution in [2.45, 2.75) is 0 Å². The summed E-state index contributed by atoms with van der Waals surface area (Å²) in [6, 6.07) is 10.1. The summed E-state index contributed by atoms with van der Waals surface area (Å²) < 4.78 is 0. The maximum absolute atomic E-state index is 9.53. The van der Waals surface area contributed by atoms with Crippen LogP contribution >= 0.6 is 46.4 Å². The summed E-state index contributed by atoms with van der Waals surface area (Å²) in [7, 11) is 0. The van der Waals surface area contributed by atoms with E-state index in [4.69, 9.17) is 46.4 Å². The molecule has 0 amide bonds. The van der Waals surface area contributed by atoms with Crippen molar-refractivity contribution in [3.05, 3.63) is 68.9 Å². The van der Waals surface area contributed by atoms with Crippen LogP contribution in [0.1, 0.15) is 0 Å². The van der Waals surface area contributed by atoms with Gasteiger partial charge in [0.1, 0.15) is 11.0 Å². The van der Waals surface area contributed by atoms with Gasteiger partial charge < -0.3 is 10.2 Å². The minimum atomic E-state index is -0.0262. The molecule has 4 nitrogen and oxygen atoms in total. The summed E-state index contributed by atoms with van der Waals surface area (Å²) in [6.07, 6.45) is 3.16. The zero-order valence-corrected chi connectivity index (χ0v) is 17.2. The quantitative estimate of drug-likeness (QED) is 0.276. The Morgan fingerprint density at radius 3 is 1.37 bits per heavy atom. The van der Waals surface area contributed by atoms with Crippen molar-refractivity contribution in [3.8, 4) is 11.5 Å². The van der Waals surface area contributed by atoms with E-state index in [1.165, 1.54) is 12.1 Å². The standard InChI is InChI=1S/2C9H5Cl2NO.Cu/c2*10-6-4-7(11)9(13)8-5(6)2-1-3-12-8;/h2*1-4,13H;. The first-order valence-electron chi connectivity index (χ1n) is 7.23. The predicted octanol–water partition coefficient (Wildman–Crippen LogP) is 6.49. The third-order valence-corrected chi connectivity index (χ3v) is 4.74. The second-order valence-corrected chi connectivity index (χ2v) is 6.81. The topological polar surface area (TPSA) is 66.2 Å². The Bertz CT molecular complexity index is 1040. The number of phenols is 2. The van der Waals surface area contributed by atoms with Crippen LogP contribution in [0.15, 0.2) is 48.8 Å². The van der Waals surface area contributed by atoms with Crippen molar-refractivity contribution in [1.29, 1.82) is 0 Å². The largest absolute Gasteiger partial charge is 0.504 e. The van der Waals surface area contributed by atoms with E-state index in [1.807, 2.05) is 0 Å². The van der Waals surface area contributed by atoms with Gasteiger partial charge in [-0.1, -0.05) is 46.4 Å². The van der Waals surface area contributed by atoms with Crippen molar-refractivity contribution in [3.63, 3.8) is 0 Å². The van der Waals surface area contributed by atoms with Gasteiger partial charge in [0.2, 0.25) is 0 Å². The minimum absolute atomic E-state index is 0. The number of aromatic hydroxyl groups is 2. The maximum Gasteiger partial charge on any atom is 0.160 e. The van der Waals surface area contributed by atoms with Gasteiger partial charge in [0.05, 0.1) is 20.1 Å². The summed E-state index contributed by atoms with van der Waals surface area (Å²) in [6.45, 7) is 0. The molecule has 0 bridgehead atoms. The van der Waals surface area contributed by atoms with Crippen LogP contribution in [0.3, 0.4) is 0 Å².